The molecule has 0 fully saturated rings. The molecule has 0 spiro atoms. The maximum atomic E-state index is 11.9. The van der Waals surface area contributed by atoms with E-state index in [1.54, 1.807) is 32.0 Å². The third kappa shape index (κ3) is 3.40. The number of aromatic hydroxyl groups is 1. The van der Waals surface area contributed by atoms with Crippen molar-refractivity contribution in [2.45, 2.75) is 20.8 Å². The Hall–Kier alpha value is -3.08. The molecule has 2 aromatic carbocycles. The van der Waals surface area contributed by atoms with Crippen molar-refractivity contribution in [3.8, 4) is 17.2 Å². The van der Waals surface area contributed by atoms with Gasteiger partial charge in [-0.1, -0.05) is 17.7 Å². The molecule has 0 bridgehead atoms. The van der Waals surface area contributed by atoms with Crippen molar-refractivity contribution in [1.29, 1.82) is 0 Å². The Bertz CT molecular complexity index is 933. The van der Waals surface area contributed by atoms with Gasteiger partial charge in [-0.05, 0) is 51.1 Å². The van der Waals surface area contributed by atoms with E-state index in [9.17, 15) is 9.90 Å². The van der Waals surface area contributed by atoms with Gasteiger partial charge in [0.1, 0.15) is 11.5 Å². The third-order valence-corrected chi connectivity index (χ3v) is 3.87. The number of aryl methyl sites for hydroxylation is 2. The van der Waals surface area contributed by atoms with Crippen molar-refractivity contribution >= 4 is 16.7 Å². The number of nitrogens with zero attached hydrogens (tertiary/aromatic N) is 1. The van der Waals surface area contributed by atoms with Gasteiger partial charge in [0.2, 0.25) is 0 Å². The van der Waals surface area contributed by atoms with Crippen LogP contribution in [-0.4, -0.2) is 22.7 Å². The Morgan fingerprint density at radius 1 is 1.04 bits per heavy atom. The Balaban J connectivity index is 2.00. The van der Waals surface area contributed by atoms with Crippen LogP contribution in [-0.2, 0) is 4.74 Å². The highest BCUT2D eigenvalue weighted by Gasteiger charge is 2.19. The molecule has 5 nitrogen and oxygen atoms in total. The summed E-state index contributed by atoms with van der Waals surface area (Å²) >= 11 is 0. The molecule has 0 aliphatic carbocycles. The molecule has 1 N–H and O–H groups in total. The summed E-state index contributed by atoms with van der Waals surface area (Å²) in [6, 6.07) is 13.0. The zero-order valence-electron chi connectivity index (χ0n) is 14.4. The van der Waals surface area contributed by atoms with Gasteiger partial charge in [0, 0.05) is 16.5 Å². The molecule has 0 atom stereocenters. The Labute approximate surface area is 145 Å². The maximum absolute atomic E-state index is 11.9. The largest absolute Gasteiger partial charge is 0.505 e. The summed E-state index contributed by atoms with van der Waals surface area (Å²) in [5, 5.41) is 11.6. The molecular weight excluding hydrogens is 318 g/mol. The summed E-state index contributed by atoms with van der Waals surface area (Å²) in [7, 11) is 0. The molecule has 25 heavy (non-hydrogen) atoms. The predicted octanol–water partition coefficient (Wildman–Crippen LogP) is 4.53. The molecule has 1 heterocycles. The van der Waals surface area contributed by atoms with E-state index in [1.165, 1.54) is 0 Å². The van der Waals surface area contributed by atoms with Gasteiger partial charge in [-0.15, -0.1) is 0 Å². The lowest BCUT2D eigenvalue weighted by molar-refractivity contribution is 0.0516. The number of ether oxygens (including phenoxy) is 2. The standard InChI is InChI=1S/C20H19NO4/c1-4-24-20(23)18-19(22)16-10-9-15(11-17(16)13(3)21-18)25-14-7-5-12(2)6-8-14/h5-11,22H,4H2,1-3H3. The molecule has 3 aromatic rings. The molecule has 0 unspecified atom stereocenters. The molecule has 0 aliphatic heterocycles. The average Bonchev–Trinajstić information content (AvgIpc) is 2.60. The second kappa shape index (κ2) is 6.81. The fourth-order valence-corrected chi connectivity index (χ4v) is 2.59. The van der Waals surface area contributed by atoms with Crippen LogP contribution >= 0.6 is 0 Å². The summed E-state index contributed by atoms with van der Waals surface area (Å²) in [5.41, 5.74) is 1.70. The minimum Gasteiger partial charge on any atom is -0.505 e. The Morgan fingerprint density at radius 2 is 1.72 bits per heavy atom. The molecular formula is C20H19NO4. The minimum absolute atomic E-state index is 0.0703. The van der Waals surface area contributed by atoms with Crippen LogP contribution in [0.2, 0.25) is 0 Å². The molecule has 128 valence electrons. The van der Waals surface area contributed by atoms with Crippen LogP contribution in [0.25, 0.3) is 10.8 Å². The first-order chi connectivity index (χ1) is 12.0. The topological polar surface area (TPSA) is 68.7 Å². The van der Waals surface area contributed by atoms with Gasteiger partial charge >= 0.3 is 5.97 Å². The summed E-state index contributed by atoms with van der Waals surface area (Å²) in [4.78, 5) is 16.1. The normalized spacial score (nSPS) is 10.7. The lowest BCUT2D eigenvalue weighted by Gasteiger charge is -2.11. The van der Waals surface area contributed by atoms with Gasteiger partial charge in [-0.3, -0.25) is 0 Å². The van der Waals surface area contributed by atoms with Crippen molar-refractivity contribution in [2.24, 2.45) is 0 Å². The highest BCUT2D eigenvalue weighted by atomic mass is 16.5. The molecule has 0 aliphatic rings. The van der Waals surface area contributed by atoms with Crippen molar-refractivity contribution in [1.82, 2.24) is 4.98 Å². The van der Waals surface area contributed by atoms with Crippen molar-refractivity contribution in [2.75, 3.05) is 6.61 Å². The van der Waals surface area contributed by atoms with Crippen LogP contribution in [0.15, 0.2) is 42.5 Å². The first-order valence-electron chi connectivity index (χ1n) is 8.04. The maximum Gasteiger partial charge on any atom is 0.360 e. The number of fused-ring (bicyclic) bond motifs is 1. The van der Waals surface area contributed by atoms with Gasteiger partial charge in [0.25, 0.3) is 0 Å². The van der Waals surface area contributed by atoms with Crippen LogP contribution in [0.5, 0.6) is 17.2 Å². The van der Waals surface area contributed by atoms with E-state index in [0.29, 0.717) is 16.8 Å². The predicted molar refractivity (Wildman–Crippen MR) is 95.4 cm³/mol. The smallest absolute Gasteiger partial charge is 0.360 e. The summed E-state index contributed by atoms with van der Waals surface area (Å²) in [5.74, 6) is 0.540. The number of hydrogen-bond donors (Lipinski definition) is 1. The highest BCUT2D eigenvalue weighted by Crippen LogP contribution is 2.33. The van der Waals surface area contributed by atoms with E-state index in [0.717, 1.165) is 16.7 Å². The van der Waals surface area contributed by atoms with E-state index in [-0.39, 0.29) is 18.1 Å². The van der Waals surface area contributed by atoms with E-state index < -0.39 is 5.97 Å². The number of hydrogen-bond acceptors (Lipinski definition) is 5. The Morgan fingerprint density at radius 3 is 2.40 bits per heavy atom. The number of esters is 1. The van der Waals surface area contributed by atoms with E-state index in [4.69, 9.17) is 9.47 Å². The summed E-state index contributed by atoms with van der Waals surface area (Å²) < 4.78 is 10.8. The number of carbonyl (C=O) groups is 1. The minimum atomic E-state index is -0.634. The van der Waals surface area contributed by atoms with Crippen molar-refractivity contribution < 1.29 is 19.4 Å². The second-order valence-corrected chi connectivity index (χ2v) is 5.74. The molecule has 3 rings (SSSR count). The van der Waals surface area contributed by atoms with Gasteiger partial charge in [0.05, 0.1) is 6.61 Å². The monoisotopic (exact) mass is 337 g/mol. The molecule has 0 radical (unpaired) electrons. The fraction of sp³-hybridized carbons (Fsp3) is 0.200. The number of benzene rings is 2. The van der Waals surface area contributed by atoms with Gasteiger partial charge < -0.3 is 14.6 Å². The molecule has 0 saturated heterocycles. The number of rotatable bonds is 4. The van der Waals surface area contributed by atoms with Gasteiger partial charge in [0.15, 0.2) is 11.4 Å². The van der Waals surface area contributed by atoms with Crippen LogP contribution < -0.4 is 4.74 Å². The third-order valence-electron chi connectivity index (χ3n) is 3.87. The second-order valence-electron chi connectivity index (χ2n) is 5.74. The quantitative estimate of drug-likeness (QED) is 0.709. The molecule has 0 saturated carbocycles. The van der Waals surface area contributed by atoms with Crippen LogP contribution in [0.4, 0.5) is 0 Å². The number of pyridine rings is 1. The first kappa shape index (κ1) is 16.8. The average molecular weight is 337 g/mol. The van der Waals surface area contributed by atoms with Crippen LogP contribution in [0, 0.1) is 13.8 Å². The van der Waals surface area contributed by atoms with E-state index in [1.807, 2.05) is 31.2 Å². The highest BCUT2D eigenvalue weighted by molar-refractivity contribution is 6.00. The SMILES string of the molecule is CCOC(=O)c1nc(C)c2cc(Oc3ccc(C)cc3)ccc2c1O. The van der Waals surface area contributed by atoms with Crippen molar-refractivity contribution in [3.05, 3.63) is 59.4 Å². The van der Waals surface area contributed by atoms with Crippen molar-refractivity contribution in [3.63, 3.8) is 0 Å². The molecule has 5 heteroatoms. The van der Waals surface area contributed by atoms with Crippen LogP contribution in [0.1, 0.15) is 28.7 Å². The summed E-state index contributed by atoms with van der Waals surface area (Å²) in [6.45, 7) is 5.72. The van der Waals surface area contributed by atoms with E-state index in [2.05, 4.69) is 4.98 Å². The van der Waals surface area contributed by atoms with Gasteiger partial charge in [-0.25, -0.2) is 9.78 Å². The lowest BCUT2D eigenvalue weighted by atomic mass is 10.1. The fourth-order valence-electron chi connectivity index (χ4n) is 2.59. The van der Waals surface area contributed by atoms with E-state index >= 15 is 0 Å². The molecule has 1 aromatic heterocycles. The summed E-state index contributed by atoms with van der Waals surface area (Å²) in [6.07, 6.45) is 0. The number of aromatic nitrogens is 1. The zero-order valence-corrected chi connectivity index (χ0v) is 14.4. The lowest BCUT2D eigenvalue weighted by Crippen LogP contribution is -2.08. The zero-order chi connectivity index (χ0) is 18.0. The van der Waals surface area contributed by atoms with Crippen LogP contribution in [0.3, 0.4) is 0 Å². The Kier molecular flexibility index (Phi) is 4.57. The first-order valence-corrected chi connectivity index (χ1v) is 8.04. The number of carbonyl (C=O) groups excluding carboxylic acids is 1. The molecule has 0 amide bonds. The van der Waals surface area contributed by atoms with Gasteiger partial charge in [-0.2, -0.15) is 0 Å².